The normalized spacial score (nSPS) is 25.2. The molecule has 0 radical (unpaired) electrons. The molecule has 4 heterocycles. The van der Waals surface area contributed by atoms with Gasteiger partial charge in [0, 0.05) is 62.5 Å². The van der Waals surface area contributed by atoms with E-state index in [-0.39, 0.29) is 17.7 Å². The highest BCUT2D eigenvalue weighted by molar-refractivity contribution is 6.32. The van der Waals surface area contributed by atoms with Crippen LogP contribution in [0.5, 0.6) is 0 Å². The second-order valence-electron chi connectivity index (χ2n) is 8.26. The predicted octanol–water partition coefficient (Wildman–Crippen LogP) is 2.06. The molecule has 2 amide bonds. The quantitative estimate of drug-likeness (QED) is 0.760. The number of hydrogen-bond acceptors (Lipinski definition) is 5. The van der Waals surface area contributed by atoms with E-state index in [0.717, 1.165) is 68.3 Å². The summed E-state index contributed by atoms with van der Waals surface area (Å²) in [6.07, 6.45) is 7.52. The highest BCUT2D eigenvalue weighted by Gasteiger charge is 2.27. The Bertz CT molecular complexity index is 959. The number of benzene rings is 1. The summed E-state index contributed by atoms with van der Waals surface area (Å²) in [4.78, 5) is 33.3. The van der Waals surface area contributed by atoms with Crippen LogP contribution in [0.15, 0.2) is 41.0 Å². The van der Waals surface area contributed by atoms with Gasteiger partial charge in [-0.05, 0) is 36.3 Å². The van der Waals surface area contributed by atoms with Gasteiger partial charge in [0.1, 0.15) is 0 Å². The first-order chi connectivity index (χ1) is 14.7. The van der Waals surface area contributed by atoms with Crippen LogP contribution in [0.2, 0.25) is 0 Å². The van der Waals surface area contributed by atoms with E-state index >= 15 is 0 Å². The SMILES string of the molecule is O=C1Nc2ccc(CN3CCCC3=O)cc2C1=CC1=CC(CN2CCOCC2)C=N1. The zero-order valence-electron chi connectivity index (χ0n) is 17.0. The Balaban J connectivity index is 1.33. The molecule has 0 bridgehead atoms. The number of fused-ring (bicyclic) bond motifs is 1. The number of carbonyl (C=O) groups excluding carboxylic acids is 2. The lowest BCUT2D eigenvalue weighted by Gasteiger charge is -2.27. The summed E-state index contributed by atoms with van der Waals surface area (Å²) in [7, 11) is 0. The van der Waals surface area contributed by atoms with Gasteiger partial charge >= 0.3 is 0 Å². The van der Waals surface area contributed by atoms with Crippen molar-refractivity contribution in [3.05, 3.63) is 47.2 Å². The number of hydrogen-bond donors (Lipinski definition) is 1. The minimum Gasteiger partial charge on any atom is -0.379 e. The Morgan fingerprint density at radius 1 is 1.20 bits per heavy atom. The molecule has 7 heteroatoms. The summed E-state index contributed by atoms with van der Waals surface area (Å²) in [5, 5.41) is 2.94. The molecule has 0 aliphatic carbocycles. The maximum absolute atomic E-state index is 12.6. The molecule has 1 aromatic carbocycles. The number of nitrogens with one attached hydrogen (secondary N) is 1. The first-order valence-corrected chi connectivity index (χ1v) is 10.7. The molecule has 0 aromatic heterocycles. The van der Waals surface area contributed by atoms with E-state index in [1.54, 1.807) is 0 Å². The van der Waals surface area contributed by atoms with E-state index in [4.69, 9.17) is 4.74 Å². The molecule has 1 atom stereocenters. The summed E-state index contributed by atoms with van der Waals surface area (Å²) in [5.74, 6) is 0.357. The van der Waals surface area contributed by atoms with Crippen LogP contribution in [0.1, 0.15) is 24.0 Å². The van der Waals surface area contributed by atoms with Gasteiger partial charge in [-0.3, -0.25) is 19.5 Å². The average molecular weight is 406 g/mol. The fraction of sp³-hybridized carbons (Fsp3) is 0.435. The van der Waals surface area contributed by atoms with Crippen molar-refractivity contribution in [2.45, 2.75) is 19.4 Å². The Hall–Kier alpha value is -2.77. The van der Waals surface area contributed by atoms with E-state index in [1.165, 1.54) is 0 Å². The molecule has 4 aliphatic heterocycles. The van der Waals surface area contributed by atoms with E-state index in [9.17, 15) is 9.59 Å². The van der Waals surface area contributed by atoms with Gasteiger partial charge in [0.2, 0.25) is 5.91 Å². The smallest absolute Gasteiger partial charge is 0.256 e. The molecule has 5 rings (SSSR count). The van der Waals surface area contributed by atoms with Gasteiger partial charge in [-0.15, -0.1) is 0 Å². The molecular weight excluding hydrogens is 380 g/mol. The Kier molecular flexibility index (Phi) is 5.23. The van der Waals surface area contributed by atoms with Crippen molar-refractivity contribution in [2.75, 3.05) is 44.7 Å². The zero-order chi connectivity index (χ0) is 20.5. The number of allylic oxidation sites excluding steroid dienone is 1. The first-order valence-electron chi connectivity index (χ1n) is 10.7. The van der Waals surface area contributed by atoms with E-state index in [2.05, 4.69) is 21.3 Å². The topological polar surface area (TPSA) is 74.2 Å². The van der Waals surface area contributed by atoms with Crippen LogP contribution in [0.3, 0.4) is 0 Å². The van der Waals surface area contributed by atoms with Crippen LogP contribution in [0.25, 0.3) is 5.57 Å². The van der Waals surface area contributed by atoms with E-state index < -0.39 is 0 Å². The minimum absolute atomic E-state index is 0.105. The monoisotopic (exact) mass is 406 g/mol. The highest BCUT2D eigenvalue weighted by atomic mass is 16.5. The number of morpholine rings is 1. The fourth-order valence-corrected chi connectivity index (χ4v) is 4.47. The van der Waals surface area contributed by atoms with Crippen LogP contribution < -0.4 is 5.32 Å². The highest BCUT2D eigenvalue weighted by Crippen LogP contribution is 2.34. The molecule has 1 aromatic rings. The van der Waals surface area contributed by atoms with Gasteiger partial charge in [-0.25, -0.2) is 0 Å². The summed E-state index contributed by atoms with van der Waals surface area (Å²) in [6, 6.07) is 5.94. The second-order valence-corrected chi connectivity index (χ2v) is 8.26. The number of anilines is 1. The summed E-state index contributed by atoms with van der Waals surface area (Å²) >= 11 is 0. The molecule has 30 heavy (non-hydrogen) atoms. The second kappa shape index (κ2) is 8.16. The van der Waals surface area contributed by atoms with E-state index in [0.29, 0.717) is 18.5 Å². The number of carbonyl (C=O) groups is 2. The minimum atomic E-state index is -0.105. The third-order valence-electron chi connectivity index (χ3n) is 6.08. The van der Waals surface area contributed by atoms with Crippen molar-refractivity contribution >= 4 is 29.3 Å². The number of likely N-dealkylation sites (tertiary alicyclic amines) is 1. The lowest BCUT2D eigenvalue weighted by atomic mass is 10.0. The zero-order valence-corrected chi connectivity index (χ0v) is 17.0. The number of nitrogens with zero attached hydrogens (tertiary/aromatic N) is 3. The van der Waals surface area contributed by atoms with Crippen molar-refractivity contribution in [2.24, 2.45) is 10.9 Å². The largest absolute Gasteiger partial charge is 0.379 e. The maximum Gasteiger partial charge on any atom is 0.256 e. The molecular formula is C23H26N4O3. The summed E-state index contributed by atoms with van der Waals surface area (Å²) in [6.45, 7) is 5.80. The van der Waals surface area contributed by atoms with Gasteiger partial charge in [0.05, 0.1) is 24.5 Å². The van der Waals surface area contributed by atoms with Gasteiger partial charge in [0.25, 0.3) is 5.91 Å². The summed E-state index contributed by atoms with van der Waals surface area (Å²) in [5.41, 5.74) is 4.20. The van der Waals surface area contributed by atoms with Gasteiger partial charge in [-0.1, -0.05) is 6.07 Å². The fourth-order valence-electron chi connectivity index (χ4n) is 4.47. The molecule has 4 aliphatic rings. The van der Waals surface area contributed by atoms with Gasteiger partial charge in [-0.2, -0.15) is 0 Å². The number of ether oxygens (including phenoxy) is 1. The molecule has 156 valence electrons. The molecule has 0 saturated carbocycles. The third kappa shape index (κ3) is 3.95. The number of aliphatic imine (C=N–C) groups is 1. The van der Waals surface area contributed by atoms with Crippen LogP contribution in [0.4, 0.5) is 5.69 Å². The maximum atomic E-state index is 12.6. The Labute approximate surface area is 176 Å². The van der Waals surface area contributed by atoms with E-state index in [1.807, 2.05) is 35.4 Å². The molecule has 2 fully saturated rings. The summed E-state index contributed by atoms with van der Waals surface area (Å²) < 4.78 is 5.41. The van der Waals surface area contributed by atoms with Crippen LogP contribution in [-0.4, -0.2) is 67.2 Å². The average Bonchev–Trinajstić information content (AvgIpc) is 3.44. The van der Waals surface area contributed by atoms with Crippen molar-refractivity contribution < 1.29 is 14.3 Å². The molecule has 2 saturated heterocycles. The Morgan fingerprint density at radius 2 is 2.07 bits per heavy atom. The lowest BCUT2D eigenvalue weighted by Crippen LogP contribution is -2.39. The predicted molar refractivity (Wildman–Crippen MR) is 115 cm³/mol. The third-order valence-corrected chi connectivity index (χ3v) is 6.08. The molecule has 0 spiro atoms. The molecule has 1 unspecified atom stereocenters. The number of amides is 2. The van der Waals surface area contributed by atoms with Crippen molar-refractivity contribution in [1.29, 1.82) is 0 Å². The van der Waals surface area contributed by atoms with Crippen molar-refractivity contribution in [3.63, 3.8) is 0 Å². The van der Waals surface area contributed by atoms with Crippen LogP contribution >= 0.6 is 0 Å². The standard InChI is InChI=1S/C23H26N4O3/c28-22-2-1-5-27(22)15-16-3-4-21-19(11-16)20(23(29)25-21)12-18-10-17(13-24-18)14-26-6-8-30-9-7-26/h3-4,10-13,17H,1-2,5-9,14-15H2,(H,25,29). The number of rotatable bonds is 5. The van der Waals surface area contributed by atoms with Crippen molar-refractivity contribution in [1.82, 2.24) is 9.80 Å². The Morgan fingerprint density at radius 3 is 2.87 bits per heavy atom. The van der Waals surface area contributed by atoms with Gasteiger partial charge < -0.3 is 15.0 Å². The molecule has 1 N–H and O–H groups in total. The van der Waals surface area contributed by atoms with Crippen LogP contribution in [0, 0.1) is 5.92 Å². The molecule has 7 nitrogen and oxygen atoms in total. The van der Waals surface area contributed by atoms with Crippen molar-refractivity contribution in [3.8, 4) is 0 Å². The first kappa shape index (κ1) is 19.2. The van der Waals surface area contributed by atoms with Crippen LogP contribution in [-0.2, 0) is 20.9 Å². The lowest BCUT2D eigenvalue weighted by molar-refractivity contribution is -0.128. The van der Waals surface area contributed by atoms with Gasteiger partial charge in [0.15, 0.2) is 0 Å².